The van der Waals surface area contributed by atoms with Gasteiger partial charge in [-0.2, -0.15) is 0 Å². The first-order valence-electron chi connectivity index (χ1n) is 23.3. The standard InChI is InChI=1S/C45H80N9O11/c1-37(2)43(44(56)51-41(7-5-15-48-45(46)57)36-49-40-11-9-38(3)10-12-40)52-42(55)8-4-6-39-13-17-54(18-14-39)19-21-59-23-25-61-27-29-63-31-33-65-35-34-64-32-30-62-28-26-60-24-22-58-20-16-50-53-47/h9-12,37,39,41,43,49H,3-8,13-36H2,1-2H3,(H,51,56)(H,52,55)(H3,46,48,57)/t41-,43-/m0/s1. The van der Waals surface area contributed by atoms with Crippen molar-refractivity contribution in [1.82, 2.24) is 20.9 Å². The Labute approximate surface area is 386 Å². The molecule has 0 aliphatic carbocycles. The summed E-state index contributed by atoms with van der Waals surface area (Å²) in [5.74, 6) is 0.158. The van der Waals surface area contributed by atoms with Crippen LogP contribution < -0.4 is 27.0 Å². The third-order valence-corrected chi connectivity index (χ3v) is 10.4. The van der Waals surface area contributed by atoms with Gasteiger partial charge in [0, 0.05) is 49.2 Å². The molecule has 1 saturated heterocycles. The van der Waals surface area contributed by atoms with Crippen molar-refractivity contribution in [1.29, 1.82) is 0 Å². The van der Waals surface area contributed by atoms with Crippen molar-refractivity contribution in [2.24, 2.45) is 22.7 Å². The minimum absolute atomic E-state index is 0.0940. The number of primary amides is 1. The number of nitrogens with two attached hydrogens (primary N) is 1. The Kier molecular flexibility index (Phi) is 34.7. The second kappa shape index (κ2) is 39.4. The van der Waals surface area contributed by atoms with Gasteiger partial charge in [-0.3, -0.25) is 9.59 Å². The van der Waals surface area contributed by atoms with E-state index in [0.29, 0.717) is 151 Å². The van der Waals surface area contributed by atoms with E-state index in [4.69, 9.17) is 49.2 Å². The molecule has 1 aromatic carbocycles. The Hall–Kier alpha value is -3.82. The van der Waals surface area contributed by atoms with Gasteiger partial charge < -0.3 is 69.8 Å². The average molecular weight is 923 g/mol. The summed E-state index contributed by atoms with van der Waals surface area (Å²) in [6.07, 6.45) is 5.59. The Bertz CT molecular complexity index is 1400. The Morgan fingerprint density at radius 3 is 1.77 bits per heavy atom. The Morgan fingerprint density at radius 2 is 1.28 bits per heavy atom. The third kappa shape index (κ3) is 32.5. The summed E-state index contributed by atoms with van der Waals surface area (Å²) in [4.78, 5) is 42.7. The van der Waals surface area contributed by atoms with Crippen LogP contribution in [0.2, 0.25) is 0 Å². The maximum absolute atomic E-state index is 13.5. The van der Waals surface area contributed by atoms with Gasteiger partial charge >= 0.3 is 6.03 Å². The molecule has 1 aromatic rings. The number of rotatable bonds is 42. The van der Waals surface area contributed by atoms with Crippen molar-refractivity contribution >= 4 is 23.5 Å². The lowest BCUT2D eigenvalue weighted by molar-refractivity contribution is -0.130. The first-order chi connectivity index (χ1) is 31.7. The second-order valence-corrected chi connectivity index (χ2v) is 16.0. The van der Waals surface area contributed by atoms with E-state index in [0.717, 1.165) is 56.6 Å². The summed E-state index contributed by atoms with van der Waals surface area (Å²) < 4.78 is 44.0. The number of urea groups is 1. The van der Waals surface area contributed by atoms with Gasteiger partial charge in [0.2, 0.25) is 11.8 Å². The van der Waals surface area contributed by atoms with Crippen LogP contribution >= 0.6 is 0 Å². The highest BCUT2D eigenvalue weighted by atomic mass is 16.6. The molecule has 20 nitrogen and oxygen atoms in total. The molecular weight excluding hydrogens is 843 g/mol. The van der Waals surface area contributed by atoms with Crippen molar-refractivity contribution in [2.75, 3.05) is 150 Å². The van der Waals surface area contributed by atoms with Crippen LogP contribution in [0.15, 0.2) is 29.4 Å². The summed E-state index contributed by atoms with van der Waals surface area (Å²) in [7, 11) is 0. The van der Waals surface area contributed by atoms with Gasteiger partial charge in [0.1, 0.15) is 6.04 Å². The number of amides is 4. The van der Waals surface area contributed by atoms with Crippen LogP contribution in [0, 0.1) is 18.8 Å². The lowest BCUT2D eigenvalue weighted by Crippen LogP contribution is -2.53. The predicted octanol–water partition coefficient (Wildman–Crippen LogP) is 3.68. The number of nitrogens with one attached hydrogen (secondary N) is 4. The minimum atomic E-state index is -0.654. The fourth-order valence-electron chi connectivity index (χ4n) is 6.76. The zero-order chi connectivity index (χ0) is 47.0. The maximum atomic E-state index is 13.5. The summed E-state index contributed by atoms with van der Waals surface area (Å²) in [5, 5.41) is 15.5. The van der Waals surface area contributed by atoms with Crippen molar-refractivity contribution in [2.45, 2.75) is 70.9 Å². The number of nitrogens with zero attached hydrogens (tertiary/aromatic N) is 4. The van der Waals surface area contributed by atoms with Crippen LogP contribution in [0.1, 0.15) is 64.4 Å². The van der Waals surface area contributed by atoms with Crippen molar-refractivity contribution in [3.05, 3.63) is 47.2 Å². The van der Waals surface area contributed by atoms with Gasteiger partial charge in [-0.25, -0.2) is 4.79 Å². The molecule has 0 bridgehead atoms. The molecule has 65 heavy (non-hydrogen) atoms. The van der Waals surface area contributed by atoms with Crippen molar-refractivity contribution in [3.63, 3.8) is 0 Å². The van der Waals surface area contributed by atoms with E-state index in [-0.39, 0.29) is 23.8 Å². The predicted molar refractivity (Wildman–Crippen MR) is 248 cm³/mol. The van der Waals surface area contributed by atoms with E-state index in [1.54, 1.807) is 0 Å². The molecule has 0 spiro atoms. The summed E-state index contributed by atoms with van der Waals surface area (Å²) in [6.45, 7) is 19.8. The van der Waals surface area contributed by atoms with Crippen molar-refractivity contribution in [3.8, 4) is 0 Å². The van der Waals surface area contributed by atoms with Crippen LogP contribution in [0.5, 0.6) is 0 Å². The van der Waals surface area contributed by atoms with E-state index >= 15 is 0 Å². The number of carbonyl (C=O) groups excluding carboxylic acids is 3. The Balaban J connectivity index is 1.41. The van der Waals surface area contributed by atoms with Crippen LogP contribution in [-0.4, -0.2) is 180 Å². The molecular formula is C45H80N9O11. The van der Waals surface area contributed by atoms with Gasteiger partial charge in [0.15, 0.2) is 0 Å². The zero-order valence-corrected chi connectivity index (χ0v) is 39.2. The first kappa shape index (κ1) is 57.3. The molecule has 6 N–H and O–H groups in total. The molecule has 4 amide bonds. The number of ether oxygens (including phenoxy) is 8. The van der Waals surface area contributed by atoms with E-state index in [1.165, 1.54) is 0 Å². The number of carbonyl (C=O) groups is 3. The molecule has 1 heterocycles. The van der Waals surface area contributed by atoms with Gasteiger partial charge in [-0.15, -0.1) is 0 Å². The first-order valence-corrected chi connectivity index (χ1v) is 23.3. The lowest BCUT2D eigenvalue weighted by Gasteiger charge is -2.32. The van der Waals surface area contributed by atoms with Crippen molar-refractivity contribution < 1.29 is 52.3 Å². The number of benzene rings is 1. The van der Waals surface area contributed by atoms with E-state index in [1.807, 2.05) is 38.1 Å². The largest absolute Gasteiger partial charge is 0.383 e. The number of piperidine rings is 1. The van der Waals surface area contributed by atoms with Gasteiger partial charge in [0.25, 0.3) is 0 Å². The smallest absolute Gasteiger partial charge is 0.312 e. The average Bonchev–Trinajstić information content (AvgIpc) is 3.29. The topological polar surface area (TPSA) is 251 Å². The molecule has 0 saturated carbocycles. The molecule has 1 fully saturated rings. The van der Waals surface area contributed by atoms with E-state index in [9.17, 15) is 14.4 Å². The van der Waals surface area contributed by atoms with Gasteiger partial charge in [-0.05, 0) is 93.6 Å². The maximum Gasteiger partial charge on any atom is 0.312 e. The van der Waals surface area contributed by atoms with Crippen LogP contribution in [0.3, 0.4) is 0 Å². The lowest BCUT2D eigenvalue weighted by atomic mass is 9.91. The zero-order valence-electron chi connectivity index (χ0n) is 39.2. The Morgan fingerprint density at radius 1 is 0.769 bits per heavy atom. The molecule has 20 heteroatoms. The van der Waals surface area contributed by atoms with Crippen LogP contribution in [-0.2, 0) is 47.5 Å². The highest BCUT2D eigenvalue weighted by molar-refractivity contribution is 5.88. The number of anilines is 1. The third-order valence-electron chi connectivity index (χ3n) is 10.4. The monoisotopic (exact) mass is 923 g/mol. The summed E-state index contributed by atoms with van der Waals surface area (Å²) >= 11 is 0. The number of likely N-dealkylation sites (tertiary alicyclic amines) is 1. The van der Waals surface area contributed by atoms with Gasteiger partial charge in [-0.1, -0.05) is 31.1 Å². The number of azide groups is 1. The molecule has 1 aliphatic heterocycles. The fourth-order valence-corrected chi connectivity index (χ4v) is 6.76. The summed E-state index contributed by atoms with van der Waals surface area (Å²) in [6, 6.07) is 6.24. The number of hydrogen-bond acceptors (Lipinski definition) is 14. The fraction of sp³-hybridized carbons (Fsp3) is 0.778. The highest BCUT2D eigenvalue weighted by Crippen LogP contribution is 2.22. The second-order valence-electron chi connectivity index (χ2n) is 16.0. The molecule has 1 radical (unpaired) electrons. The van der Waals surface area contributed by atoms with Crippen LogP contribution in [0.4, 0.5) is 10.5 Å². The van der Waals surface area contributed by atoms with E-state index in [2.05, 4.69) is 43.1 Å². The van der Waals surface area contributed by atoms with E-state index < -0.39 is 12.1 Å². The summed E-state index contributed by atoms with van der Waals surface area (Å²) in [5.41, 5.74) is 15.2. The minimum Gasteiger partial charge on any atom is -0.383 e. The number of hydrogen-bond donors (Lipinski definition) is 5. The highest BCUT2D eigenvalue weighted by Gasteiger charge is 2.26. The quantitative estimate of drug-likeness (QED) is 0.0272. The molecule has 0 unspecified atom stereocenters. The normalized spacial score (nSPS) is 14.2. The van der Waals surface area contributed by atoms with Gasteiger partial charge in [0.05, 0.1) is 106 Å². The molecule has 0 aromatic heterocycles. The molecule has 2 atom stereocenters. The molecule has 371 valence electrons. The molecule has 2 rings (SSSR count). The van der Waals surface area contributed by atoms with Crippen LogP contribution in [0.25, 0.3) is 10.4 Å². The SMILES string of the molecule is [CH2]c1ccc(NC[C@H](CCCNC(N)=O)NC(=O)[C@@H](NC(=O)CCCC2CCN(CCOCCOCCOCCOCCOCCOCCOCCOCCN=[N+]=[N-])CC2)C(C)C)cc1. The molecule has 1 aliphatic rings.